The van der Waals surface area contributed by atoms with E-state index < -0.39 is 16.6 Å². The third-order valence-corrected chi connectivity index (χ3v) is 2.74. The monoisotopic (exact) mass is 328 g/mol. The van der Waals surface area contributed by atoms with E-state index in [9.17, 15) is 14.9 Å². The van der Waals surface area contributed by atoms with Crippen LogP contribution in [0.2, 0.25) is 10.0 Å². The lowest BCUT2D eigenvalue weighted by Crippen LogP contribution is -2.01. The molecular weight excluding hydrogens is 319 g/mol. The normalized spacial score (nSPS) is 9.43. The molecule has 0 fully saturated rings. The number of nitrogens with two attached hydrogens (primary N) is 1. The number of aromatic carboxylic acids is 1. The first kappa shape index (κ1) is 16.7. The van der Waals surface area contributed by atoms with E-state index in [4.69, 9.17) is 34.0 Å². The summed E-state index contributed by atoms with van der Waals surface area (Å²) in [5, 5.41) is 19.8. The van der Waals surface area contributed by atoms with Crippen LogP contribution in [0.5, 0.6) is 0 Å². The van der Waals surface area contributed by atoms with Crippen molar-refractivity contribution in [3.63, 3.8) is 0 Å². The van der Waals surface area contributed by atoms with Gasteiger partial charge in [0.2, 0.25) is 0 Å². The third-order valence-electron chi connectivity index (χ3n) is 2.26. The lowest BCUT2D eigenvalue weighted by Gasteiger charge is -1.97. The molecule has 2 aromatic rings. The maximum absolute atomic E-state index is 10.5. The topological polar surface area (TPSA) is 106 Å². The molecule has 0 saturated carbocycles. The smallest absolute Gasteiger partial charge is 0.342 e. The molecule has 0 aromatic heterocycles. The summed E-state index contributed by atoms with van der Waals surface area (Å²) >= 11 is 11.0. The fourth-order valence-corrected chi connectivity index (χ4v) is 1.59. The van der Waals surface area contributed by atoms with Gasteiger partial charge >= 0.3 is 5.97 Å². The molecule has 0 saturated heterocycles. The molecule has 0 amide bonds. The van der Waals surface area contributed by atoms with Crippen molar-refractivity contribution < 1.29 is 14.8 Å². The number of nitro groups is 1. The van der Waals surface area contributed by atoms with Gasteiger partial charge in [-0.05, 0) is 36.4 Å². The number of nitro benzene ring substituents is 1. The fourth-order valence-electron chi connectivity index (χ4n) is 1.30. The first-order valence-corrected chi connectivity index (χ1v) is 6.25. The van der Waals surface area contributed by atoms with Gasteiger partial charge in [-0.15, -0.1) is 0 Å². The van der Waals surface area contributed by atoms with Gasteiger partial charge in [0, 0.05) is 21.8 Å². The van der Waals surface area contributed by atoms with Crippen molar-refractivity contribution in [2.75, 3.05) is 5.73 Å². The predicted molar refractivity (Wildman–Crippen MR) is 80.9 cm³/mol. The van der Waals surface area contributed by atoms with Crippen molar-refractivity contribution in [1.82, 2.24) is 0 Å². The molecule has 0 heterocycles. The Hall–Kier alpha value is -2.31. The molecular formula is C13H10Cl2N2O4. The lowest BCUT2D eigenvalue weighted by molar-refractivity contribution is -0.385. The fraction of sp³-hybridized carbons (Fsp3) is 0. The number of carboxylic acid groups (broad SMARTS) is 1. The molecule has 0 aliphatic heterocycles. The number of rotatable bonds is 2. The van der Waals surface area contributed by atoms with Gasteiger partial charge in [-0.25, -0.2) is 4.79 Å². The van der Waals surface area contributed by atoms with Gasteiger partial charge in [-0.3, -0.25) is 10.1 Å². The Kier molecular flexibility index (Phi) is 5.95. The highest BCUT2D eigenvalue weighted by Crippen LogP contribution is 2.22. The quantitative estimate of drug-likeness (QED) is 0.494. The van der Waals surface area contributed by atoms with Gasteiger partial charge in [0.05, 0.1) is 4.92 Å². The second-order valence-electron chi connectivity index (χ2n) is 3.78. The number of nitrogens with zero attached hydrogens (tertiary/aromatic N) is 1. The molecule has 8 heteroatoms. The Morgan fingerprint density at radius 3 is 2.05 bits per heavy atom. The summed E-state index contributed by atoms with van der Waals surface area (Å²) in [5.74, 6) is -1.34. The molecule has 0 aliphatic rings. The number of hydrogen-bond acceptors (Lipinski definition) is 4. The Morgan fingerprint density at radius 2 is 1.62 bits per heavy atom. The van der Waals surface area contributed by atoms with Crippen LogP contribution in [-0.4, -0.2) is 16.0 Å². The number of anilines is 1. The number of nitrogen functional groups attached to an aromatic ring is 1. The average molecular weight is 329 g/mol. The standard InChI is InChI=1S/C7H4ClNO4.C6H6ClN/c8-4-1-2-5(7(10)11)6(3-4)9(12)13;7-5-1-3-6(8)4-2-5/h1-3H,(H,10,11);1-4H,8H2. The van der Waals surface area contributed by atoms with Crippen molar-refractivity contribution in [1.29, 1.82) is 0 Å². The summed E-state index contributed by atoms with van der Waals surface area (Å²) in [7, 11) is 0. The van der Waals surface area contributed by atoms with E-state index in [1.165, 1.54) is 6.07 Å². The molecule has 0 unspecified atom stereocenters. The summed E-state index contributed by atoms with van der Waals surface area (Å²) in [6, 6.07) is 10.4. The van der Waals surface area contributed by atoms with E-state index in [-0.39, 0.29) is 10.6 Å². The van der Waals surface area contributed by atoms with Crippen LogP contribution in [0.4, 0.5) is 11.4 Å². The highest BCUT2D eigenvalue weighted by atomic mass is 35.5. The van der Waals surface area contributed by atoms with Crippen LogP contribution in [0.1, 0.15) is 10.4 Å². The number of halogens is 2. The van der Waals surface area contributed by atoms with Crippen LogP contribution in [0.15, 0.2) is 42.5 Å². The van der Waals surface area contributed by atoms with Gasteiger partial charge in [-0.1, -0.05) is 23.2 Å². The van der Waals surface area contributed by atoms with Gasteiger partial charge < -0.3 is 10.8 Å². The number of carbonyl (C=O) groups is 1. The zero-order chi connectivity index (χ0) is 16.0. The maximum atomic E-state index is 10.5. The SMILES string of the molecule is Nc1ccc(Cl)cc1.O=C(O)c1ccc(Cl)cc1[N+](=O)[O-]. The van der Waals surface area contributed by atoms with Gasteiger partial charge in [0.1, 0.15) is 5.56 Å². The third kappa shape index (κ3) is 5.29. The highest BCUT2D eigenvalue weighted by Gasteiger charge is 2.19. The van der Waals surface area contributed by atoms with Crippen molar-refractivity contribution in [2.45, 2.75) is 0 Å². The van der Waals surface area contributed by atoms with E-state index in [1.807, 2.05) is 0 Å². The molecule has 2 rings (SSSR count). The predicted octanol–water partition coefficient (Wildman–Crippen LogP) is 3.87. The molecule has 21 heavy (non-hydrogen) atoms. The molecule has 0 spiro atoms. The highest BCUT2D eigenvalue weighted by molar-refractivity contribution is 6.31. The van der Waals surface area contributed by atoms with Gasteiger partial charge in [-0.2, -0.15) is 0 Å². The van der Waals surface area contributed by atoms with Crippen LogP contribution in [0, 0.1) is 10.1 Å². The van der Waals surface area contributed by atoms with E-state index >= 15 is 0 Å². The minimum Gasteiger partial charge on any atom is -0.477 e. The van der Waals surface area contributed by atoms with E-state index in [2.05, 4.69) is 0 Å². The summed E-state index contributed by atoms with van der Waals surface area (Å²) in [5.41, 5.74) is 5.25. The summed E-state index contributed by atoms with van der Waals surface area (Å²) in [6.07, 6.45) is 0. The number of carboxylic acids is 1. The summed E-state index contributed by atoms with van der Waals surface area (Å²) in [4.78, 5) is 20.1. The largest absolute Gasteiger partial charge is 0.477 e. The molecule has 3 N–H and O–H groups in total. The van der Waals surface area contributed by atoms with Gasteiger partial charge in [0.15, 0.2) is 0 Å². The average Bonchev–Trinajstić information content (AvgIpc) is 2.42. The van der Waals surface area contributed by atoms with Crippen LogP contribution in [0.3, 0.4) is 0 Å². The first-order chi connectivity index (χ1) is 9.81. The van der Waals surface area contributed by atoms with Crippen molar-refractivity contribution in [3.8, 4) is 0 Å². The van der Waals surface area contributed by atoms with Crippen molar-refractivity contribution >= 4 is 40.5 Å². The minimum absolute atomic E-state index is 0.136. The molecule has 110 valence electrons. The van der Waals surface area contributed by atoms with E-state index in [0.29, 0.717) is 0 Å². The molecule has 0 atom stereocenters. The zero-order valence-electron chi connectivity index (χ0n) is 10.5. The molecule has 0 aliphatic carbocycles. The first-order valence-electron chi connectivity index (χ1n) is 5.49. The lowest BCUT2D eigenvalue weighted by atomic mass is 10.2. The molecule has 2 aromatic carbocycles. The second-order valence-corrected chi connectivity index (χ2v) is 4.65. The Labute approximate surface area is 129 Å². The van der Waals surface area contributed by atoms with Crippen LogP contribution in [0.25, 0.3) is 0 Å². The van der Waals surface area contributed by atoms with Crippen molar-refractivity contribution in [2.24, 2.45) is 0 Å². The Bertz CT molecular complexity index is 639. The van der Waals surface area contributed by atoms with E-state index in [0.717, 1.165) is 22.8 Å². The minimum atomic E-state index is -1.34. The summed E-state index contributed by atoms with van der Waals surface area (Å²) < 4.78 is 0. The Balaban J connectivity index is 0.000000235. The number of benzene rings is 2. The zero-order valence-corrected chi connectivity index (χ0v) is 12.0. The molecule has 0 bridgehead atoms. The van der Waals surface area contributed by atoms with Crippen molar-refractivity contribution in [3.05, 3.63) is 68.2 Å². The van der Waals surface area contributed by atoms with Crippen LogP contribution in [-0.2, 0) is 0 Å². The maximum Gasteiger partial charge on any atom is 0.342 e. The van der Waals surface area contributed by atoms with Crippen LogP contribution < -0.4 is 5.73 Å². The van der Waals surface area contributed by atoms with E-state index in [1.54, 1.807) is 24.3 Å². The Morgan fingerprint density at radius 1 is 1.10 bits per heavy atom. The summed E-state index contributed by atoms with van der Waals surface area (Å²) in [6.45, 7) is 0. The number of hydrogen-bond donors (Lipinski definition) is 2. The van der Waals surface area contributed by atoms with Crippen LogP contribution >= 0.6 is 23.2 Å². The molecule has 0 radical (unpaired) electrons. The molecule has 6 nitrogen and oxygen atoms in total. The van der Waals surface area contributed by atoms with Gasteiger partial charge in [0.25, 0.3) is 5.69 Å². The second kappa shape index (κ2) is 7.47.